The van der Waals surface area contributed by atoms with Crippen molar-refractivity contribution in [2.24, 2.45) is 5.92 Å². The van der Waals surface area contributed by atoms with Crippen LogP contribution in [0.25, 0.3) is 11.0 Å². The molecule has 0 atom stereocenters. The standard InChI is InChI=1S/C24H35F3N6O4S/c1-16(2)28-23(34)29-18-6-10-32(11-7-18)38(35,36)31(3)19-4-5-21-20(14-19)30-22(24(25,26)27)33(21)15-17-8-12-37-13-9-17/h4-5,14,16-18H,6-13,15H2,1-3H3,(H2,28,29,34). The number of urea groups is 1. The van der Waals surface area contributed by atoms with Gasteiger partial charge in [-0.2, -0.15) is 25.9 Å². The highest BCUT2D eigenvalue weighted by molar-refractivity contribution is 7.90. The number of carbonyl (C=O) groups is 1. The number of ether oxygens (including phenoxy) is 1. The predicted molar refractivity (Wildman–Crippen MR) is 137 cm³/mol. The normalized spacial score (nSPS) is 18.7. The van der Waals surface area contributed by atoms with Gasteiger partial charge in [-0.3, -0.25) is 4.31 Å². The number of carbonyl (C=O) groups excluding carboxylic acids is 1. The van der Waals surface area contributed by atoms with Crippen LogP contribution in [0.3, 0.4) is 0 Å². The third-order valence-electron chi connectivity index (χ3n) is 7.01. The fraction of sp³-hybridized carbons (Fsp3) is 0.667. The van der Waals surface area contributed by atoms with E-state index in [0.717, 1.165) is 4.31 Å². The van der Waals surface area contributed by atoms with Crippen molar-refractivity contribution >= 4 is 33.0 Å². The van der Waals surface area contributed by atoms with Crippen molar-refractivity contribution < 1.29 is 31.1 Å². The van der Waals surface area contributed by atoms with Gasteiger partial charge >= 0.3 is 22.4 Å². The van der Waals surface area contributed by atoms with Gasteiger partial charge in [0.2, 0.25) is 5.82 Å². The molecular weight excluding hydrogens is 525 g/mol. The van der Waals surface area contributed by atoms with Crippen molar-refractivity contribution in [3.05, 3.63) is 24.0 Å². The van der Waals surface area contributed by atoms with Crippen LogP contribution in [-0.2, 0) is 27.7 Å². The predicted octanol–water partition coefficient (Wildman–Crippen LogP) is 3.33. The zero-order valence-electron chi connectivity index (χ0n) is 21.8. The Bertz CT molecular complexity index is 1240. The van der Waals surface area contributed by atoms with Crippen molar-refractivity contribution in [3.63, 3.8) is 0 Å². The molecule has 2 saturated heterocycles. The summed E-state index contributed by atoms with van der Waals surface area (Å²) in [5.41, 5.74) is 0.617. The fourth-order valence-electron chi connectivity index (χ4n) is 4.93. The first kappa shape index (κ1) is 28.4. The van der Waals surface area contributed by atoms with E-state index in [9.17, 15) is 26.4 Å². The minimum absolute atomic E-state index is 0.0121. The number of nitrogens with one attached hydrogen (secondary N) is 2. The number of benzene rings is 1. The van der Waals surface area contributed by atoms with Crippen LogP contribution >= 0.6 is 0 Å². The molecule has 0 unspecified atom stereocenters. The van der Waals surface area contributed by atoms with Crippen LogP contribution in [0, 0.1) is 5.92 Å². The molecule has 4 rings (SSSR count). The third-order valence-corrected chi connectivity index (χ3v) is 8.93. The van der Waals surface area contributed by atoms with Crippen molar-refractivity contribution in [2.45, 2.75) is 64.3 Å². The van der Waals surface area contributed by atoms with Crippen molar-refractivity contribution in [1.82, 2.24) is 24.5 Å². The largest absolute Gasteiger partial charge is 0.449 e. The number of piperidine rings is 1. The summed E-state index contributed by atoms with van der Waals surface area (Å²) in [6.07, 6.45) is -2.41. The Balaban J connectivity index is 1.50. The molecule has 1 aromatic carbocycles. The fourth-order valence-corrected chi connectivity index (χ4v) is 6.33. The minimum atomic E-state index is -4.65. The number of hydrogen-bond donors (Lipinski definition) is 2. The molecule has 2 fully saturated rings. The molecule has 0 spiro atoms. The maximum Gasteiger partial charge on any atom is 0.449 e. The Morgan fingerprint density at radius 3 is 2.45 bits per heavy atom. The van der Waals surface area contributed by atoms with E-state index in [1.54, 1.807) is 0 Å². The SMILES string of the molecule is CC(C)NC(=O)NC1CCN(S(=O)(=O)N(C)c2ccc3c(c2)nc(C(F)(F)F)n3CC2CCOCC2)CC1. The Kier molecular flexibility index (Phi) is 8.43. The van der Waals surface area contributed by atoms with Crippen molar-refractivity contribution in [1.29, 1.82) is 0 Å². The molecular formula is C24H35F3N6O4S. The van der Waals surface area contributed by atoms with E-state index < -0.39 is 22.2 Å². The van der Waals surface area contributed by atoms with Gasteiger partial charge in [-0.15, -0.1) is 0 Å². The summed E-state index contributed by atoms with van der Waals surface area (Å²) in [4.78, 5) is 15.8. The number of amides is 2. The van der Waals surface area contributed by atoms with Gasteiger partial charge in [0, 0.05) is 52.0 Å². The van der Waals surface area contributed by atoms with Crippen molar-refractivity contribution in [2.75, 3.05) is 37.7 Å². The first-order chi connectivity index (χ1) is 17.9. The molecule has 0 radical (unpaired) electrons. The molecule has 212 valence electrons. The number of rotatable bonds is 7. The Morgan fingerprint density at radius 2 is 1.84 bits per heavy atom. The highest BCUT2D eigenvalue weighted by Gasteiger charge is 2.38. The maximum atomic E-state index is 13.9. The summed E-state index contributed by atoms with van der Waals surface area (Å²) in [5.74, 6) is -0.948. The minimum Gasteiger partial charge on any atom is -0.381 e. The zero-order valence-corrected chi connectivity index (χ0v) is 22.6. The Hall–Kier alpha value is -2.58. The first-order valence-corrected chi connectivity index (χ1v) is 14.2. The highest BCUT2D eigenvalue weighted by atomic mass is 32.2. The lowest BCUT2D eigenvalue weighted by atomic mass is 10.0. The molecule has 2 aliphatic rings. The number of fused-ring (bicyclic) bond motifs is 1. The van der Waals surface area contributed by atoms with Gasteiger partial charge in [-0.25, -0.2) is 9.78 Å². The van der Waals surface area contributed by atoms with E-state index in [-0.39, 0.29) is 54.9 Å². The average molecular weight is 561 g/mol. The summed E-state index contributed by atoms with van der Waals surface area (Å²) in [6.45, 7) is 5.32. The number of alkyl halides is 3. The van der Waals surface area contributed by atoms with Gasteiger partial charge in [0.25, 0.3) is 0 Å². The molecule has 2 amide bonds. The average Bonchev–Trinajstić information content (AvgIpc) is 3.22. The summed E-state index contributed by atoms with van der Waals surface area (Å²) in [6, 6.07) is 3.94. The van der Waals surface area contributed by atoms with Crippen LogP contribution in [0.1, 0.15) is 45.4 Å². The van der Waals surface area contributed by atoms with E-state index >= 15 is 0 Å². The topological polar surface area (TPSA) is 109 Å². The van der Waals surface area contributed by atoms with Gasteiger partial charge in [0.1, 0.15) is 0 Å². The second kappa shape index (κ2) is 11.3. The number of aromatic nitrogens is 2. The first-order valence-electron chi connectivity index (χ1n) is 12.8. The zero-order chi connectivity index (χ0) is 27.7. The number of imidazole rings is 1. The second-order valence-electron chi connectivity index (χ2n) is 10.2. The lowest BCUT2D eigenvalue weighted by Crippen LogP contribution is -2.52. The number of hydrogen-bond acceptors (Lipinski definition) is 5. The summed E-state index contributed by atoms with van der Waals surface area (Å²) >= 11 is 0. The molecule has 0 aliphatic carbocycles. The van der Waals surface area contributed by atoms with E-state index in [1.165, 1.54) is 34.1 Å². The van der Waals surface area contributed by atoms with Gasteiger partial charge < -0.3 is 19.9 Å². The molecule has 2 N–H and O–H groups in total. The molecule has 2 aromatic rings. The molecule has 38 heavy (non-hydrogen) atoms. The van der Waals surface area contributed by atoms with Gasteiger partial charge in [-0.1, -0.05) is 0 Å². The Labute approximate surface area is 220 Å². The van der Waals surface area contributed by atoms with Crippen LogP contribution in [0.4, 0.5) is 23.7 Å². The molecule has 2 aliphatic heterocycles. The molecule has 10 nitrogen and oxygen atoms in total. The third kappa shape index (κ3) is 6.34. The Morgan fingerprint density at radius 1 is 1.18 bits per heavy atom. The summed E-state index contributed by atoms with van der Waals surface area (Å²) in [7, 11) is -2.57. The maximum absolute atomic E-state index is 13.9. The van der Waals surface area contributed by atoms with Gasteiger partial charge in [0.15, 0.2) is 0 Å². The number of nitrogens with zero attached hydrogens (tertiary/aromatic N) is 4. The van der Waals surface area contributed by atoms with Crippen LogP contribution in [0.5, 0.6) is 0 Å². The molecule has 0 bridgehead atoms. The lowest BCUT2D eigenvalue weighted by Gasteiger charge is -2.34. The molecule has 0 saturated carbocycles. The van der Waals surface area contributed by atoms with Crippen molar-refractivity contribution in [3.8, 4) is 0 Å². The quantitative estimate of drug-likeness (QED) is 0.540. The molecule has 1 aromatic heterocycles. The number of halogens is 3. The number of anilines is 1. The smallest absolute Gasteiger partial charge is 0.381 e. The van der Waals surface area contributed by atoms with E-state index in [4.69, 9.17) is 4.74 Å². The summed E-state index contributed by atoms with van der Waals surface area (Å²) < 4.78 is 77.1. The van der Waals surface area contributed by atoms with E-state index in [0.29, 0.717) is 44.4 Å². The highest BCUT2D eigenvalue weighted by Crippen LogP contribution is 2.35. The van der Waals surface area contributed by atoms with E-state index in [1.807, 2.05) is 13.8 Å². The lowest BCUT2D eigenvalue weighted by molar-refractivity contribution is -0.147. The van der Waals surface area contributed by atoms with Crippen LogP contribution in [0.2, 0.25) is 0 Å². The second-order valence-corrected chi connectivity index (χ2v) is 12.2. The molecule has 14 heteroatoms. The van der Waals surface area contributed by atoms with Gasteiger partial charge in [-0.05, 0) is 63.6 Å². The molecule has 3 heterocycles. The van der Waals surface area contributed by atoms with Crippen LogP contribution < -0.4 is 14.9 Å². The van der Waals surface area contributed by atoms with E-state index in [2.05, 4.69) is 15.6 Å². The van der Waals surface area contributed by atoms with Crippen LogP contribution in [0.15, 0.2) is 18.2 Å². The van der Waals surface area contributed by atoms with Gasteiger partial charge in [0.05, 0.1) is 16.7 Å². The summed E-state index contributed by atoms with van der Waals surface area (Å²) in [5, 5.41) is 5.61. The monoisotopic (exact) mass is 560 g/mol. The van der Waals surface area contributed by atoms with Crippen LogP contribution in [-0.4, -0.2) is 73.7 Å².